The number of rotatable bonds is 3. The molecule has 92 valence electrons. The monoisotopic (exact) mass is 304 g/mol. The molecule has 2 rings (SSSR count). The molecule has 0 fully saturated rings. The second-order valence-electron chi connectivity index (χ2n) is 4.09. The van der Waals surface area contributed by atoms with E-state index in [2.05, 4.69) is 39.2 Å². The van der Waals surface area contributed by atoms with Gasteiger partial charge in [-0.05, 0) is 31.0 Å². The van der Waals surface area contributed by atoms with Crippen LogP contribution in [-0.2, 0) is 6.42 Å². The molecule has 0 unspecified atom stereocenters. The summed E-state index contributed by atoms with van der Waals surface area (Å²) in [6, 6.07) is 8.08. The second kappa shape index (κ2) is 5.32. The smallest absolute Gasteiger partial charge is 0.186 e. The van der Waals surface area contributed by atoms with E-state index in [-0.39, 0.29) is 0 Å². The van der Waals surface area contributed by atoms with Gasteiger partial charge in [0.1, 0.15) is 6.07 Å². The fraction of sp³-hybridized carbons (Fsp3) is 0.308. The van der Waals surface area contributed by atoms with Crippen molar-refractivity contribution in [2.45, 2.75) is 26.7 Å². The second-order valence-corrected chi connectivity index (χ2v) is 4.95. The first kappa shape index (κ1) is 12.8. The van der Waals surface area contributed by atoms with E-state index < -0.39 is 0 Å². The number of halogens is 1. The average Bonchev–Trinajstić information content (AvgIpc) is 2.76. The maximum atomic E-state index is 9.03. The molecule has 0 spiro atoms. The molecule has 0 atom stereocenters. The summed E-state index contributed by atoms with van der Waals surface area (Å²) in [5.74, 6) is 0. The normalized spacial score (nSPS) is 10.3. The van der Waals surface area contributed by atoms with Gasteiger partial charge in [-0.3, -0.25) is 0 Å². The molecule has 4 nitrogen and oxygen atoms in total. The Morgan fingerprint density at radius 1 is 1.44 bits per heavy atom. The highest BCUT2D eigenvalue weighted by Gasteiger charge is 2.13. The van der Waals surface area contributed by atoms with Gasteiger partial charge in [0.05, 0.1) is 11.4 Å². The van der Waals surface area contributed by atoms with Gasteiger partial charge in [-0.1, -0.05) is 40.6 Å². The quantitative estimate of drug-likeness (QED) is 0.875. The van der Waals surface area contributed by atoms with Crippen LogP contribution >= 0.6 is 15.9 Å². The molecule has 1 aromatic carbocycles. The minimum Gasteiger partial charge on any atom is -0.216 e. The molecule has 0 saturated carbocycles. The summed E-state index contributed by atoms with van der Waals surface area (Å²) < 4.78 is 2.77. The standard InChI is InChI=1S/C13H13BrN4/c1-3-4-13-12(8-15)16-17-18(13)10-6-5-9(2)11(14)7-10/h5-7H,3-4H2,1-2H3. The number of hydrogen-bond donors (Lipinski definition) is 0. The SMILES string of the molecule is CCCc1c(C#N)nnn1-c1ccc(C)c(Br)c1. The number of aryl methyl sites for hydroxylation is 1. The van der Waals surface area contributed by atoms with Gasteiger partial charge < -0.3 is 0 Å². The van der Waals surface area contributed by atoms with Gasteiger partial charge in [-0.25, -0.2) is 4.68 Å². The van der Waals surface area contributed by atoms with Crippen LogP contribution in [0.1, 0.15) is 30.3 Å². The van der Waals surface area contributed by atoms with Crippen molar-refractivity contribution < 1.29 is 0 Å². The van der Waals surface area contributed by atoms with Crippen molar-refractivity contribution in [3.63, 3.8) is 0 Å². The minimum absolute atomic E-state index is 0.411. The third-order valence-corrected chi connectivity index (χ3v) is 3.61. The van der Waals surface area contributed by atoms with Gasteiger partial charge in [0.25, 0.3) is 0 Å². The fourth-order valence-electron chi connectivity index (χ4n) is 1.77. The lowest BCUT2D eigenvalue weighted by Crippen LogP contribution is -2.03. The van der Waals surface area contributed by atoms with E-state index in [1.807, 2.05) is 25.1 Å². The van der Waals surface area contributed by atoms with Crippen molar-refractivity contribution in [2.24, 2.45) is 0 Å². The van der Waals surface area contributed by atoms with Crippen molar-refractivity contribution in [1.82, 2.24) is 15.0 Å². The van der Waals surface area contributed by atoms with Gasteiger partial charge in [0, 0.05) is 4.47 Å². The van der Waals surface area contributed by atoms with Gasteiger partial charge in [0.15, 0.2) is 5.69 Å². The van der Waals surface area contributed by atoms with Crippen LogP contribution in [-0.4, -0.2) is 15.0 Å². The first-order valence-electron chi connectivity index (χ1n) is 5.78. The zero-order valence-corrected chi connectivity index (χ0v) is 11.9. The molecule has 0 aliphatic heterocycles. The van der Waals surface area contributed by atoms with Crippen LogP contribution in [0.3, 0.4) is 0 Å². The highest BCUT2D eigenvalue weighted by atomic mass is 79.9. The summed E-state index contributed by atoms with van der Waals surface area (Å²) >= 11 is 3.50. The molecule has 0 saturated heterocycles. The van der Waals surface area contributed by atoms with Gasteiger partial charge in [-0.15, -0.1) is 5.10 Å². The number of hydrogen-bond acceptors (Lipinski definition) is 3. The highest BCUT2D eigenvalue weighted by molar-refractivity contribution is 9.10. The van der Waals surface area contributed by atoms with Crippen molar-refractivity contribution >= 4 is 15.9 Å². The largest absolute Gasteiger partial charge is 0.216 e. The zero-order chi connectivity index (χ0) is 13.1. The van der Waals surface area contributed by atoms with E-state index in [9.17, 15) is 0 Å². The van der Waals surface area contributed by atoms with Crippen LogP contribution < -0.4 is 0 Å². The van der Waals surface area contributed by atoms with Crippen LogP contribution in [0.15, 0.2) is 22.7 Å². The number of nitriles is 1. The lowest BCUT2D eigenvalue weighted by molar-refractivity contribution is 0.745. The van der Waals surface area contributed by atoms with Crippen molar-refractivity contribution in [3.05, 3.63) is 39.6 Å². The number of benzene rings is 1. The lowest BCUT2D eigenvalue weighted by atomic mass is 10.2. The Labute approximate surface area is 114 Å². The molecule has 18 heavy (non-hydrogen) atoms. The van der Waals surface area contributed by atoms with Crippen LogP contribution in [0, 0.1) is 18.3 Å². The zero-order valence-electron chi connectivity index (χ0n) is 10.3. The Kier molecular flexibility index (Phi) is 3.78. The van der Waals surface area contributed by atoms with Crippen LogP contribution in [0.5, 0.6) is 0 Å². The van der Waals surface area contributed by atoms with Gasteiger partial charge in [0.2, 0.25) is 0 Å². The number of aromatic nitrogens is 3. The van der Waals surface area contributed by atoms with Gasteiger partial charge in [-0.2, -0.15) is 5.26 Å². The molecule has 0 amide bonds. The molecule has 1 aromatic heterocycles. The Bertz CT molecular complexity index is 610. The maximum absolute atomic E-state index is 9.03. The maximum Gasteiger partial charge on any atom is 0.186 e. The summed E-state index contributed by atoms with van der Waals surface area (Å²) in [5, 5.41) is 17.0. The Morgan fingerprint density at radius 2 is 2.22 bits per heavy atom. The fourth-order valence-corrected chi connectivity index (χ4v) is 2.14. The molecule has 2 aromatic rings. The first-order valence-corrected chi connectivity index (χ1v) is 6.58. The third kappa shape index (κ3) is 2.29. The van der Waals surface area contributed by atoms with Crippen LogP contribution in [0.2, 0.25) is 0 Å². The summed E-state index contributed by atoms with van der Waals surface area (Å²) in [6.07, 6.45) is 1.75. The summed E-state index contributed by atoms with van der Waals surface area (Å²) in [6.45, 7) is 4.10. The van der Waals surface area contributed by atoms with Crippen molar-refractivity contribution in [2.75, 3.05) is 0 Å². The summed E-state index contributed by atoms with van der Waals surface area (Å²) in [5.41, 5.74) is 3.37. The molecular formula is C13H13BrN4. The van der Waals surface area contributed by atoms with Crippen molar-refractivity contribution in [1.29, 1.82) is 5.26 Å². The minimum atomic E-state index is 0.411. The third-order valence-electron chi connectivity index (χ3n) is 2.76. The van der Waals surface area contributed by atoms with E-state index in [0.29, 0.717) is 5.69 Å². The molecule has 5 heteroatoms. The van der Waals surface area contributed by atoms with Crippen LogP contribution in [0.25, 0.3) is 5.69 Å². The van der Waals surface area contributed by atoms with E-state index >= 15 is 0 Å². The molecule has 0 aliphatic rings. The topological polar surface area (TPSA) is 54.5 Å². The highest BCUT2D eigenvalue weighted by Crippen LogP contribution is 2.21. The molecule has 0 radical (unpaired) electrons. The Hall–Kier alpha value is -1.67. The van der Waals surface area contributed by atoms with E-state index in [4.69, 9.17) is 5.26 Å². The summed E-state index contributed by atoms with van der Waals surface area (Å²) in [4.78, 5) is 0. The van der Waals surface area contributed by atoms with Crippen LogP contribution in [0.4, 0.5) is 0 Å². The van der Waals surface area contributed by atoms with E-state index in [1.54, 1.807) is 4.68 Å². The predicted molar refractivity (Wildman–Crippen MR) is 72.5 cm³/mol. The average molecular weight is 305 g/mol. The Balaban J connectivity index is 2.53. The Morgan fingerprint density at radius 3 is 2.83 bits per heavy atom. The lowest BCUT2D eigenvalue weighted by Gasteiger charge is -2.07. The number of nitrogens with zero attached hydrogens (tertiary/aromatic N) is 4. The molecular weight excluding hydrogens is 292 g/mol. The van der Waals surface area contributed by atoms with Gasteiger partial charge >= 0.3 is 0 Å². The summed E-state index contributed by atoms with van der Waals surface area (Å²) in [7, 11) is 0. The predicted octanol–water partition coefficient (Wildman–Crippen LogP) is 3.16. The molecule has 0 bridgehead atoms. The van der Waals surface area contributed by atoms with Crippen molar-refractivity contribution in [3.8, 4) is 11.8 Å². The molecule has 0 N–H and O–H groups in total. The molecule has 1 heterocycles. The first-order chi connectivity index (χ1) is 8.67. The van der Waals surface area contributed by atoms with E-state index in [0.717, 1.165) is 34.3 Å². The van der Waals surface area contributed by atoms with E-state index in [1.165, 1.54) is 0 Å². The molecule has 0 aliphatic carbocycles.